The third kappa shape index (κ3) is 4.51. The maximum absolute atomic E-state index is 8.15. The molecule has 62 valence electrons. The second-order valence-electron chi connectivity index (χ2n) is 1.56. The average molecular weight is 195 g/mol. The molecule has 0 spiro atoms. The third-order valence-corrected chi connectivity index (χ3v) is 1.16. The van der Waals surface area contributed by atoms with Crippen LogP contribution in [0, 0.1) is 0 Å². The third-order valence-electron chi connectivity index (χ3n) is 0.720. The van der Waals surface area contributed by atoms with Crippen LogP contribution in [0.1, 0.15) is 6.92 Å². The molecule has 7 heteroatoms. The normalized spacial score (nSPS) is 12.9. The number of hydrogen-bond donors (Lipinski definition) is 3. The SMILES string of the molecule is CC(=NNC(N)=S)C(Cl)=NO. The van der Waals surface area contributed by atoms with Gasteiger partial charge in [-0.3, -0.25) is 5.43 Å². The van der Waals surface area contributed by atoms with Gasteiger partial charge in [0.25, 0.3) is 0 Å². The summed E-state index contributed by atoms with van der Waals surface area (Å²) in [5, 5.41) is 14.3. The van der Waals surface area contributed by atoms with Gasteiger partial charge in [0, 0.05) is 0 Å². The maximum atomic E-state index is 8.15. The van der Waals surface area contributed by atoms with Crippen molar-refractivity contribution in [3.05, 3.63) is 0 Å². The Balaban J connectivity index is 4.12. The van der Waals surface area contributed by atoms with Crippen molar-refractivity contribution in [2.45, 2.75) is 6.92 Å². The summed E-state index contributed by atoms with van der Waals surface area (Å²) in [5.74, 6) is 0. The zero-order valence-corrected chi connectivity index (χ0v) is 7.28. The molecule has 0 aromatic carbocycles. The van der Waals surface area contributed by atoms with Crippen molar-refractivity contribution in [3.63, 3.8) is 0 Å². The lowest BCUT2D eigenvalue weighted by atomic mass is 10.5. The quantitative estimate of drug-likeness (QED) is 0.254. The van der Waals surface area contributed by atoms with Gasteiger partial charge in [-0.25, -0.2) is 0 Å². The van der Waals surface area contributed by atoms with Gasteiger partial charge < -0.3 is 10.9 Å². The summed E-state index contributed by atoms with van der Waals surface area (Å²) in [6, 6.07) is 0. The van der Waals surface area contributed by atoms with Crippen molar-refractivity contribution in [1.82, 2.24) is 5.43 Å². The number of nitrogens with one attached hydrogen (secondary N) is 1. The highest BCUT2D eigenvalue weighted by atomic mass is 35.5. The fourth-order valence-corrected chi connectivity index (χ4v) is 0.345. The Morgan fingerprint density at radius 2 is 2.27 bits per heavy atom. The van der Waals surface area contributed by atoms with E-state index in [1.165, 1.54) is 6.92 Å². The summed E-state index contributed by atoms with van der Waals surface area (Å²) >= 11 is 9.80. The van der Waals surface area contributed by atoms with Crippen LogP contribution in [0.5, 0.6) is 0 Å². The van der Waals surface area contributed by atoms with Gasteiger partial charge in [0.2, 0.25) is 0 Å². The van der Waals surface area contributed by atoms with Crippen molar-refractivity contribution < 1.29 is 5.21 Å². The van der Waals surface area contributed by atoms with Crippen LogP contribution in [-0.2, 0) is 0 Å². The van der Waals surface area contributed by atoms with Gasteiger partial charge in [0.1, 0.15) is 0 Å². The minimum atomic E-state index is -0.117. The molecule has 5 nitrogen and oxygen atoms in total. The van der Waals surface area contributed by atoms with Crippen molar-refractivity contribution >= 4 is 39.8 Å². The largest absolute Gasteiger partial charge is 0.410 e. The van der Waals surface area contributed by atoms with Crippen LogP contribution < -0.4 is 11.2 Å². The van der Waals surface area contributed by atoms with Crippen LogP contribution in [0.4, 0.5) is 0 Å². The number of rotatable bonds is 2. The topological polar surface area (TPSA) is 83.0 Å². The highest BCUT2D eigenvalue weighted by molar-refractivity contribution is 7.80. The summed E-state index contributed by atoms with van der Waals surface area (Å²) in [4.78, 5) is 0. The molecular formula is C4H7ClN4OS. The number of nitrogens with zero attached hydrogens (tertiary/aromatic N) is 2. The number of thiocarbonyl (C=S) groups is 1. The minimum absolute atomic E-state index is 0.0201. The second kappa shape index (κ2) is 4.86. The summed E-state index contributed by atoms with van der Waals surface area (Å²) < 4.78 is 0. The summed E-state index contributed by atoms with van der Waals surface area (Å²) in [5.41, 5.74) is 7.62. The molecule has 0 unspecified atom stereocenters. The number of oxime groups is 1. The van der Waals surface area contributed by atoms with Crippen molar-refractivity contribution in [2.24, 2.45) is 16.0 Å². The fourth-order valence-electron chi connectivity index (χ4n) is 0.257. The summed E-state index contributed by atoms with van der Waals surface area (Å²) in [6.45, 7) is 1.54. The van der Waals surface area contributed by atoms with E-state index >= 15 is 0 Å². The van der Waals surface area contributed by atoms with E-state index in [4.69, 9.17) is 22.5 Å². The van der Waals surface area contributed by atoms with Crippen LogP contribution in [-0.4, -0.2) is 21.2 Å². The molecule has 0 aromatic heterocycles. The molecular weight excluding hydrogens is 188 g/mol. The molecule has 0 fully saturated rings. The van der Waals surface area contributed by atoms with Crippen LogP contribution in [0.25, 0.3) is 0 Å². The molecule has 0 heterocycles. The van der Waals surface area contributed by atoms with E-state index in [0.717, 1.165) is 0 Å². The number of halogens is 1. The average Bonchev–Trinajstić information content (AvgIpc) is 1.98. The number of hydrogen-bond acceptors (Lipinski definition) is 4. The van der Waals surface area contributed by atoms with Crippen LogP contribution in [0.15, 0.2) is 10.3 Å². The van der Waals surface area contributed by atoms with Gasteiger partial charge in [0.05, 0.1) is 5.71 Å². The monoisotopic (exact) mass is 194 g/mol. The van der Waals surface area contributed by atoms with Gasteiger partial charge in [-0.05, 0) is 19.1 Å². The highest BCUT2D eigenvalue weighted by Crippen LogP contribution is 1.87. The Hall–Kier alpha value is -0.880. The molecule has 0 aliphatic heterocycles. The van der Waals surface area contributed by atoms with Gasteiger partial charge in [-0.15, -0.1) is 0 Å². The van der Waals surface area contributed by atoms with Crippen molar-refractivity contribution in [2.75, 3.05) is 0 Å². The first-order chi connectivity index (χ1) is 5.07. The van der Waals surface area contributed by atoms with E-state index < -0.39 is 0 Å². The predicted molar refractivity (Wildman–Crippen MR) is 48.1 cm³/mol. The van der Waals surface area contributed by atoms with Crippen LogP contribution in [0.3, 0.4) is 0 Å². The molecule has 0 radical (unpaired) electrons. The van der Waals surface area contributed by atoms with E-state index in [-0.39, 0.29) is 10.3 Å². The smallest absolute Gasteiger partial charge is 0.191 e. The molecule has 0 rings (SSSR count). The predicted octanol–water partition coefficient (Wildman–Crippen LogP) is 0.222. The summed E-state index contributed by atoms with van der Waals surface area (Å²) in [7, 11) is 0. The molecule has 0 amide bonds. The minimum Gasteiger partial charge on any atom is -0.410 e. The molecule has 0 aliphatic carbocycles. The molecule has 4 N–H and O–H groups in total. The number of hydrazone groups is 1. The molecule has 0 saturated heterocycles. The van der Waals surface area contributed by atoms with E-state index in [0.29, 0.717) is 5.71 Å². The van der Waals surface area contributed by atoms with Crippen LogP contribution in [0.2, 0.25) is 0 Å². The Labute approximate surface area is 73.9 Å². The first kappa shape index (κ1) is 10.1. The molecule has 11 heavy (non-hydrogen) atoms. The highest BCUT2D eigenvalue weighted by Gasteiger charge is 1.98. The van der Waals surface area contributed by atoms with E-state index in [2.05, 4.69) is 27.9 Å². The van der Waals surface area contributed by atoms with Crippen LogP contribution >= 0.6 is 23.8 Å². The first-order valence-corrected chi connectivity index (χ1v) is 3.34. The van der Waals surface area contributed by atoms with Gasteiger partial charge in [-0.1, -0.05) is 16.8 Å². The Morgan fingerprint density at radius 1 is 1.73 bits per heavy atom. The van der Waals surface area contributed by atoms with Gasteiger partial charge in [0.15, 0.2) is 10.3 Å². The lowest BCUT2D eigenvalue weighted by molar-refractivity contribution is 0.321. The molecule has 0 bridgehead atoms. The van der Waals surface area contributed by atoms with E-state index in [1.54, 1.807) is 0 Å². The molecule has 0 aliphatic rings. The lowest BCUT2D eigenvalue weighted by Crippen LogP contribution is -2.25. The second-order valence-corrected chi connectivity index (χ2v) is 2.36. The van der Waals surface area contributed by atoms with Crippen molar-refractivity contribution in [1.29, 1.82) is 0 Å². The Kier molecular flexibility index (Phi) is 4.47. The van der Waals surface area contributed by atoms with Gasteiger partial charge in [-0.2, -0.15) is 5.10 Å². The van der Waals surface area contributed by atoms with E-state index in [1.807, 2.05) is 0 Å². The zero-order valence-electron chi connectivity index (χ0n) is 5.71. The van der Waals surface area contributed by atoms with E-state index in [9.17, 15) is 0 Å². The molecule has 0 atom stereocenters. The van der Waals surface area contributed by atoms with Gasteiger partial charge >= 0.3 is 0 Å². The lowest BCUT2D eigenvalue weighted by Gasteiger charge is -1.96. The summed E-state index contributed by atoms with van der Waals surface area (Å²) in [6.07, 6.45) is 0. The zero-order chi connectivity index (χ0) is 8.85. The first-order valence-electron chi connectivity index (χ1n) is 2.55. The fraction of sp³-hybridized carbons (Fsp3) is 0.250. The standard InChI is InChI=1S/C4H7ClN4OS/c1-2(3(5)9-10)7-8-4(6)11/h10H,1H3,(H3,6,8,11). The molecule has 0 saturated carbocycles. The Morgan fingerprint density at radius 3 is 2.64 bits per heavy atom. The Bertz CT molecular complexity index is 214. The number of nitrogens with two attached hydrogens (primary N) is 1. The molecule has 0 aromatic rings. The van der Waals surface area contributed by atoms with Crippen molar-refractivity contribution in [3.8, 4) is 0 Å². The maximum Gasteiger partial charge on any atom is 0.191 e.